The molecule has 0 saturated carbocycles. The molecule has 3 N–H and O–H groups in total. The van der Waals surface area contributed by atoms with Gasteiger partial charge in [-0.3, -0.25) is 10.1 Å². The lowest BCUT2D eigenvalue weighted by molar-refractivity contribution is -0.135. The second-order valence-electron chi connectivity index (χ2n) is 4.93. The number of carboxylic acid groups (broad SMARTS) is 1. The van der Waals surface area contributed by atoms with Gasteiger partial charge in [0.1, 0.15) is 13.2 Å². The van der Waals surface area contributed by atoms with Crippen LogP contribution in [0.5, 0.6) is 0 Å². The van der Waals surface area contributed by atoms with Crippen molar-refractivity contribution in [2.75, 3.05) is 11.9 Å². The van der Waals surface area contributed by atoms with E-state index in [1.807, 2.05) is 35.1 Å². The predicted octanol–water partition coefficient (Wildman–Crippen LogP) is 1.80. The third-order valence-electron chi connectivity index (χ3n) is 3.04. The number of carbonyl (C=O) groups is 2. The van der Waals surface area contributed by atoms with Gasteiger partial charge in [-0.1, -0.05) is 30.3 Å². The largest absolute Gasteiger partial charge is 0.480 e. The molecule has 2 aromatic rings. The van der Waals surface area contributed by atoms with Gasteiger partial charge < -0.3 is 9.84 Å². The number of hydrogen-bond acceptors (Lipinski definition) is 5. The Kier molecular flexibility index (Phi) is 6.09. The van der Waals surface area contributed by atoms with Crippen LogP contribution in [0.25, 0.3) is 0 Å². The molecule has 0 bridgehead atoms. The molecule has 132 valence electrons. The van der Waals surface area contributed by atoms with Crippen LogP contribution in [0.15, 0.2) is 59.5 Å². The molecule has 0 aliphatic carbocycles. The molecular weight excluding hydrogens is 348 g/mol. The van der Waals surface area contributed by atoms with E-state index in [-0.39, 0.29) is 11.5 Å². The number of nitrogens with one attached hydrogen (secondary N) is 2. The molecule has 0 heterocycles. The first kappa shape index (κ1) is 18.4. The zero-order chi connectivity index (χ0) is 18.3. The Morgan fingerprint density at radius 2 is 1.64 bits per heavy atom. The number of carbonyl (C=O) groups excluding carboxylic acids is 1. The van der Waals surface area contributed by atoms with Crippen molar-refractivity contribution in [3.63, 3.8) is 0 Å². The summed E-state index contributed by atoms with van der Waals surface area (Å²) in [5.41, 5.74) is 1.18. The number of ether oxygens (including phenoxy) is 1. The summed E-state index contributed by atoms with van der Waals surface area (Å²) in [6.45, 7) is -0.605. The molecular formula is C16H16N2O6S. The zero-order valence-corrected chi connectivity index (χ0v) is 13.8. The Balaban J connectivity index is 1.91. The Hall–Kier alpha value is -2.91. The number of hydrogen-bond donors (Lipinski definition) is 3. The fraction of sp³-hybridized carbons (Fsp3) is 0.125. The van der Waals surface area contributed by atoms with Crippen LogP contribution in [0.1, 0.15) is 5.56 Å². The number of rotatable bonds is 7. The summed E-state index contributed by atoms with van der Waals surface area (Å²) >= 11 is 0. The van der Waals surface area contributed by atoms with E-state index >= 15 is 0 Å². The van der Waals surface area contributed by atoms with Crippen molar-refractivity contribution in [3.05, 3.63) is 60.2 Å². The standard InChI is InChI=1S/C16H16N2O6S/c19-15(20)10-17-25(22,23)14-8-6-13(7-9-14)18-16(21)24-11-12-4-2-1-3-5-12/h1-9,17H,10-11H2,(H,18,21)(H,19,20). The molecule has 0 radical (unpaired) electrons. The van der Waals surface area contributed by atoms with Crippen molar-refractivity contribution in [1.29, 1.82) is 0 Å². The Morgan fingerprint density at radius 1 is 1.00 bits per heavy atom. The van der Waals surface area contributed by atoms with E-state index in [9.17, 15) is 18.0 Å². The predicted molar refractivity (Wildman–Crippen MR) is 89.5 cm³/mol. The average Bonchev–Trinajstić information content (AvgIpc) is 2.60. The number of aliphatic carboxylic acids is 1. The molecule has 0 aliphatic rings. The molecule has 0 aromatic heterocycles. The van der Waals surface area contributed by atoms with E-state index in [2.05, 4.69) is 5.32 Å². The van der Waals surface area contributed by atoms with Crippen molar-refractivity contribution in [1.82, 2.24) is 4.72 Å². The zero-order valence-electron chi connectivity index (χ0n) is 13.0. The highest BCUT2D eigenvalue weighted by atomic mass is 32.2. The highest BCUT2D eigenvalue weighted by molar-refractivity contribution is 7.89. The van der Waals surface area contributed by atoms with E-state index < -0.39 is 28.6 Å². The molecule has 25 heavy (non-hydrogen) atoms. The topological polar surface area (TPSA) is 122 Å². The SMILES string of the molecule is O=C(O)CNS(=O)(=O)c1ccc(NC(=O)OCc2ccccc2)cc1. The summed E-state index contributed by atoms with van der Waals surface area (Å²) in [7, 11) is -3.92. The van der Waals surface area contributed by atoms with Crippen LogP contribution in [0.3, 0.4) is 0 Å². The number of sulfonamides is 1. The lowest BCUT2D eigenvalue weighted by Gasteiger charge is -2.08. The molecule has 8 nitrogen and oxygen atoms in total. The van der Waals surface area contributed by atoms with Gasteiger partial charge in [-0.25, -0.2) is 13.2 Å². The van der Waals surface area contributed by atoms with E-state index in [1.165, 1.54) is 24.3 Å². The lowest BCUT2D eigenvalue weighted by Crippen LogP contribution is -2.29. The maximum Gasteiger partial charge on any atom is 0.411 e. The molecule has 0 saturated heterocycles. The van der Waals surface area contributed by atoms with Crippen LogP contribution in [-0.2, 0) is 26.2 Å². The number of carboxylic acids is 1. The Bertz CT molecular complexity index is 835. The maximum atomic E-state index is 11.8. The van der Waals surface area contributed by atoms with Crippen LogP contribution < -0.4 is 10.0 Å². The van der Waals surface area contributed by atoms with Crippen LogP contribution >= 0.6 is 0 Å². The summed E-state index contributed by atoms with van der Waals surface area (Å²) in [6.07, 6.45) is -0.677. The molecule has 2 aromatic carbocycles. The lowest BCUT2D eigenvalue weighted by atomic mass is 10.2. The van der Waals surface area contributed by atoms with Gasteiger partial charge in [-0.05, 0) is 29.8 Å². The van der Waals surface area contributed by atoms with E-state index in [1.54, 1.807) is 0 Å². The van der Waals surface area contributed by atoms with Crippen LogP contribution in [-0.4, -0.2) is 32.1 Å². The fourth-order valence-corrected chi connectivity index (χ4v) is 2.81. The summed E-state index contributed by atoms with van der Waals surface area (Å²) in [6, 6.07) is 14.4. The van der Waals surface area contributed by atoms with Gasteiger partial charge in [0.15, 0.2) is 0 Å². The van der Waals surface area contributed by atoms with Crippen LogP contribution in [0.2, 0.25) is 0 Å². The summed E-state index contributed by atoms with van der Waals surface area (Å²) in [5.74, 6) is -1.29. The van der Waals surface area contributed by atoms with Crippen molar-refractivity contribution in [3.8, 4) is 0 Å². The minimum Gasteiger partial charge on any atom is -0.480 e. The van der Waals surface area contributed by atoms with E-state index in [0.29, 0.717) is 5.69 Å². The molecule has 9 heteroatoms. The molecule has 0 fully saturated rings. The first-order valence-electron chi connectivity index (χ1n) is 7.16. The van der Waals surface area contributed by atoms with Crippen molar-refractivity contribution in [2.24, 2.45) is 0 Å². The molecule has 2 rings (SSSR count). The number of anilines is 1. The highest BCUT2D eigenvalue weighted by Gasteiger charge is 2.15. The van der Waals surface area contributed by atoms with Crippen LogP contribution in [0.4, 0.5) is 10.5 Å². The van der Waals surface area contributed by atoms with Crippen LogP contribution in [0, 0.1) is 0 Å². The summed E-state index contributed by atoms with van der Waals surface area (Å²) in [5, 5.41) is 11.0. The average molecular weight is 364 g/mol. The first-order valence-corrected chi connectivity index (χ1v) is 8.64. The number of amides is 1. The minimum absolute atomic E-state index is 0.109. The third-order valence-corrected chi connectivity index (χ3v) is 4.45. The van der Waals surface area contributed by atoms with Gasteiger partial charge in [0.25, 0.3) is 0 Å². The molecule has 1 amide bonds. The van der Waals surface area contributed by atoms with Gasteiger partial charge in [0, 0.05) is 5.69 Å². The molecule has 0 unspecified atom stereocenters. The highest BCUT2D eigenvalue weighted by Crippen LogP contribution is 2.14. The summed E-state index contributed by atoms with van der Waals surface area (Å²) < 4.78 is 30.7. The maximum absolute atomic E-state index is 11.8. The Labute approximate surface area is 144 Å². The quantitative estimate of drug-likeness (QED) is 0.689. The van der Waals surface area contributed by atoms with Crippen molar-refractivity contribution < 1.29 is 27.9 Å². The van der Waals surface area contributed by atoms with Crippen molar-refractivity contribution >= 4 is 27.8 Å². The molecule has 0 aliphatic heterocycles. The van der Waals surface area contributed by atoms with Gasteiger partial charge in [0.05, 0.1) is 4.90 Å². The van der Waals surface area contributed by atoms with Gasteiger partial charge in [-0.2, -0.15) is 4.72 Å². The van der Waals surface area contributed by atoms with Gasteiger partial charge in [-0.15, -0.1) is 0 Å². The molecule has 0 atom stereocenters. The van der Waals surface area contributed by atoms with Gasteiger partial charge >= 0.3 is 12.1 Å². The Morgan fingerprint density at radius 3 is 2.24 bits per heavy atom. The van der Waals surface area contributed by atoms with Crippen molar-refractivity contribution in [2.45, 2.75) is 11.5 Å². The molecule has 0 spiro atoms. The minimum atomic E-state index is -3.92. The third kappa shape index (κ3) is 5.90. The first-order chi connectivity index (χ1) is 11.9. The summed E-state index contributed by atoms with van der Waals surface area (Å²) in [4.78, 5) is 22.0. The monoisotopic (exact) mass is 364 g/mol. The van der Waals surface area contributed by atoms with Gasteiger partial charge in [0.2, 0.25) is 10.0 Å². The smallest absolute Gasteiger partial charge is 0.411 e. The second kappa shape index (κ2) is 8.27. The van der Waals surface area contributed by atoms with E-state index in [0.717, 1.165) is 5.56 Å². The fourth-order valence-electron chi connectivity index (χ4n) is 1.83. The number of benzene rings is 2. The normalized spacial score (nSPS) is 10.9. The van der Waals surface area contributed by atoms with E-state index in [4.69, 9.17) is 9.84 Å². The second-order valence-corrected chi connectivity index (χ2v) is 6.70.